The Morgan fingerprint density at radius 1 is 1.15 bits per heavy atom. The van der Waals surface area contributed by atoms with Gasteiger partial charge in [0.05, 0.1) is 0 Å². The van der Waals surface area contributed by atoms with Crippen molar-refractivity contribution in [1.29, 1.82) is 0 Å². The highest BCUT2D eigenvalue weighted by Crippen LogP contribution is 2.31. The predicted molar refractivity (Wildman–Crippen MR) is 75.6 cm³/mol. The zero-order valence-corrected chi connectivity index (χ0v) is 11.7. The molecule has 0 aromatic heterocycles. The number of amides is 1. The van der Waals surface area contributed by atoms with Crippen LogP contribution in [0, 0.1) is 5.82 Å². The van der Waals surface area contributed by atoms with Gasteiger partial charge in [-0.1, -0.05) is 12.1 Å². The van der Waals surface area contributed by atoms with Gasteiger partial charge in [-0.2, -0.15) is 0 Å². The highest BCUT2D eigenvalue weighted by atomic mass is 19.1. The summed E-state index contributed by atoms with van der Waals surface area (Å²) in [5, 5.41) is 3.21. The van der Waals surface area contributed by atoms with Gasteiger partial charge in [-0.15, -0.1) is 0 Å². The Hall–Kier alpha value is -1.42. The van der Waals surface area contributed by atoms with E-state index in [9.17, 15) is 9.18 Å². The molecule has 1 aromatic carbocycles. The molecule has 1 aromatic rings. The summed E-state index contributed by atoms with van der Waals surface area (Å²) in [7, 11) is 0. The van der Waals surface area contributed by atoms with Gasteiger partial charge in [-0.05, 0) is 43.4 Å². The Morgan fingerprint density at radius 3 is 2.50 bits per heavy atom. The Morgan fingerprint density at radius 2 is 1.85 bits per heavy atom. The van der Waals surface area contributed by atoms with Crippen LogP contribution in [-0.2, 0) is 11.3 Å². The number of nitrogens with zero attached hydrogens (tertiary/aromatic N) is 1. The largest absolute Gasteiger partial charge is 0.351 e. The van der Waals surface area contributed by atoms with Gasteiger partial charge in [-0.25, -0.2) is 4.39 Å². The van der Waals surface area contributed by atoms with E-state index < -0.39 is 0 Å². The van der Waals surface area contributed by atoms with Crippen LogP contribution >= 0.6 is 0 Å². The first-order valence-electron chi connectivity index (χ1n) is 7.43. The third-order valence-corrected chi connectivity index (χ3v) is 4.60. The molecule has 2 saturated heterocycles. The first-order valence-corrected chi connectivity index (χ1v) is 7.43. The van der Waals surface area contributed by atoms with E-state index >= 15 is 0 Å². The molecule has 0 bridgehead atoms. The van der Waals surface area contributed by atoms with Crippen LogP contribution in [0.4, 0.5) is 4.39 Å². The molecule has 3 nitrogen and oxygen atoms in total. The summed E-state index contributed by atoms with van der Waals surface area (Å²) >= 11 is 0. The fraction of sp³-hybridized carbons (Fsp3) is 0.562. The number of carbonyl (C=O) groups excluding carboxylic acids is 1. The zero-order valence-electron chi connectivity index (χ0n) is 11.7. The molecule has 1 amide bonds. The summed E-state index contributed by atoms with van der Waals surface area (Å²) in [4.78, 5) is 14.0. The molecule has 1 N–H and O–H groups in total. The molecule has 20 heavy (non-hydrogen) atoms. The van der Waals surface area contributed by atoms with Gasteiger partial charge < -0.3 is 5.32 Å². The fourth-order valence-corrected chi connectivity index (χ4v) is 3.37. The molecule has 4 heteroatoms. The van der Waals surface area contributed by atoms with Crippen molar-refractivity contribution in [2.45, 2.75) is 44.2 Å². The molecule has 0 aliphatic carbocycles. The van der Waals surface area contributed by atoms with Crippen LogP contribution in [0.25, 0.3) is 0 Å². The Labute approximate surface area is 119 Å². The standard InChI is InChI=1S/C16H21FN2O/c17-14-5-3-13(4-6-14)12-19-10-8-16(9-11-19)7-1-2-15(20)18-16/h3-6H,1-2,7-12H2,(H,18,20). The van der Waals surface area contributed by atoms with Crippen molar-refractivity contribution < 1.29 is 9.18 Å². The van der Waals surface area contributed by atoms with Crippen molar-refractivity contribution in [1.82, 2.24) is 10.2 Å². The Balaban J connectivity index is 1.55. The summed E-state index contributed by atoms with van der Waals surface area (Å²) in [6, 6.07) is 6.73. The molecular formula is C16H21FN2O. The average molecular weight is 276 g/mol. The first kappa shape index (κ1) is 13.6. The number of benzene rings is 1. The van der Waals surface area contributed by atoms with Crippen LogP contribution < -0.4 is 5.32 Å². The molecule has 108 valence electrons. The topological polar surface area (TPSA) is 32.3 Å². The lowest BCUT2D eigenvalue weighted by molar-refractivity contribution is -0.126. The number of rotatable bonds is 2. The second kappa shape index (κ2) is 5.52. The lowest BCUT2D eigenvalue weighted by atomic mass is 9.80. The van der Waals surface area contributed by atoms with E-state index in [0.29, 0.717) is 6.42 Å². The van der Waals surface area contributed by atoms with Crippen molar-refractivity contribution >= 4 is 5.91 Å². The van der Waals surface area contributed by atoms with Crippen molar-refractivity contribution in [2.75, 3.05) is 13.1 Å². The highest BCUT2D eigenvalue weighted by molar-refractivity contribution is 5.77. The minimum Gasteiger partial charge on any atom is -0.351 e. The number of likely N-dealkylation sites (tertiary alicyclic amines) is 1. The Kier molecular flexibility index (Phi) is 3.74. The quantitative estimate of drug-likeness (QED) is 0.900. The number of piperidine rings is 2. The molecular weight excluding hydrogens is 255 g/mol. The van der Waals surface area contributed by atoms with E-state index in [0.717, 1.165) is 50.9 Å². The summed E-state index contributed by atoms with van der Waals surface area (Å²) in [5.74, 6) is 0.0273. The number of hydrogen-bond acceptors (Lipinski definition) is 2. The van der Waals surface area contributed by atoms with Crippen molar-refractivity contribution in [3.05, 3.63) is 35.6 Å². The van der Waals surface area contributed by atoms with Gasteiger partial charge in [0.15, 0.2) is 0 Å². The fourth-order valence-electron chi connectivity index (χ4n) is 3.37. The lowest BCUT2D eigenvalue weighted by Crippen LogP contribution is -2.57. The molecule has 0 unspecified atom stereocenters. The van der Waals surface area contributed by atoms with Gasteiger partial charge in [-0.3, -0.25) is 9.69 Å². The zero-order chi connectivity index (χ0) is 14.0. The number of nitrogens with one attached hydrogen (secondary N) is 1. The molecule has 2 aliphatic heterocycles. The minimum atomic E-state index is -0.184. The lowest BCUT2D eigenvalue weighted by Gasteiger charge is -2.44. The first-order chi connectivity index (χ1) is 9.65. The second-order valence-electron chi connectivity index (χ2n) is 6.08. The van der Waals surface area contributed by atoms with Crippen LogP contribution in [0.3, 0.4) is 0 Å². The maximum Gasteiger partial charge on any atom is 0.220 e. The molecule has 1 spiro atoms. The third-order valence-electron chi connectivity index (χ3n) is 4.60. The maximum absolute atomic E-state index is 12.9. The van der Waals surface area contributed by atoms with Crippen LogP contribution in [0.1, 0.15) is 37.7 Å². The molecule has 2 aliphatic rings. The molecule has 2 fully saturated rings. The summed E-state index contributed by atoms with van der Waals surface area (Å²) in [6.07, 6.45) is 4.87. The van der Waals surface area contributed by atoms with Crippen molar-refractivity contribution in [3.63, 3.8) is 0 Å². The highest BCUT2D eigenvalue weighted by Gasteiger charge is 2.37. The maximum atomic E-state index is 12.9. The molecule has 3 rings (SSSR count). The summed E-state index contributed by atoms with van der Waals surface area (Å²) in [6.45, 7) is 2.86. The van der Waals surface area contributed by atoms with Gasteiger partial charge >= 0.3 is 0 Å². The van der Waals surface area contributed by atoms with Gasteiger partial charge in [0.25, 0.3) is 0 Å². The third kappa shape index (κ3) is 3.01. The predicted octanol–water partition coefficient (Wildman–Crippen LogP) is 2.46. The van der Waals surface area contributed by atoms with Gasteiger partial charge in [0.1, 0.15) is 5.82 Å². The van der Waals surface area contributed by atoms with E-state index in [1.165, 1.54) is 12.1 Å². The summed E-state index contributed by atoms with van der Waals surface area (Å²) in [5.41, 5.74) is 1.20. The van der Waals surface area contributed by atoms with E-state index in [4.69, 9.17) is 0 Å². The van der Waals surface area contributed by atoms with E-state index in [1.807, 2.05) is 12.1 Å². The molecule has 2 heterocycles. The molecule has 0 radical (unpaired) electrons. The average Bonchev–Trinajstić information content (AvgIpc) is 2.44. The number of hydrogen-bond donors (Lipinski definition) is 1. The van der Waals surface area contributed by atoms with E-state index in [1.54, 1.807) is 0 Å². The van der Waals surface area contributed by atoms with Gasteiger partial charge in [0.2, 0.25) is 5.91 Å². The van der Waals surface area contributed by atoms with Gasteiger partial charge in [0, 0.05) is 31.6 Å². The van der Waals surface area contributed by atoms with Crippen LogP contribution in [0.15, 0.2) is 24.3 Å². The normalized spacial score (nSPS) is 22.8. The Bertz CT molecular complexity index is 478. The molecule has 0 atom stereocenters. The number of halogens is 1. The van der Waals surface area contributed by atoms with Crippen molar-refractivity contribution in [2.24, 2.45) is 0 Å². The monoisotopic (exact) mass is 276 g/mol. The molecule has 0 saturated carbocycles. The smallest absolute Gasteiger partial charge is 0.220 e. The second-order valence-corrected chi connectivity index (χ2v) is 6.08. The van der Waals surface area contributed by atoms with E-state index in [-0.39, 0.29) is 17.3 Å². The summed E-state index contributed by atoms with van der Waals surface area (Å²) < 4.78 is 12.9. The SMILES string of the molecule is O=C1CCCC2(CCN(Cc3ccc(F)cc3)CC2)N1. The van der Waals surface area contributed by atoms with Crippen LogP contribution in [0.5, 0.6) is 0 Å². The van der Waals surface area contributed by atoms with E-state index in [2.05, 4.69) is 10.2 Å². The minimum absolute atomic E-state index is 0.0502. The van der Waals surface area contributed by atoms with Crippen LogP contribution in [0.2, 0.25) is 0 Å². The van der Waals surface area contributed by atoms with Crippen LogP contribution in [-0.4, -0.2) is 29.4 Å². The number of carbonyl (C=O) groups is 1. The van der Waals surface area contributed by atoms with Crippen molar-refractivity contribution in [3.8, 4) is 0 Å².